The second-order valence-corrected chi connectivity index (χ2v) is 5.16. The molecule has 0 unspecified atom stereocenters. The minimum Gasteiger partial charge on any atom is -0.484 e. The summed E-state index contributed by atoms with van der Waals surface area (Å²) < 4.78 is 19.5. The summed E-state index contributed by atoms with van der Waals surface area (Å²) in [6.07, 6.45) is 0. The maximum absolute atomic E-state index is 13.4. The highest BCUT2D eigenvalue weighted by atomic mass is 79.9. The van der Waals surface area contributed by atoms with Crippen molar-refractivity contribution < 1.29 is 9.13 Å². The number of nitrogens with zero attached hydrogens (tertiary/aromatic N) is 1. The Morgan fingerprint density at radius 3 is 2.94 bits per heavy atom. The standard InChI is InChI=1S/C11H10BrFN2OS/c12-7-1-2-10(9(13)3-7)16-5-8-6-17-11(4-14)15-8/h1-3,6H,4-5,14H2. The van der Waals surface area contributed by atoms with Crippen LogP contribution in [0.3, 0.4) is 0 Å². The fourth-order valence-corrected chi connectivity index (χ4v) is 2.25. The van der Waals surface area contributed by atoms with Crippen molar-refractivity contribution in [1.82, 2.24) is 4.98 Å². The Morgan fingerprint density at radius 2 is 2.29 bits per heavy atom. The van der Waals surface area contributed by atoms with Crippen LogP contribution in [0, 0.1) is 5.82 Å². The molecule has 3 nitrogen and oxygen atoms in total. The molecule has 0 amide bonds. The summed E-state index contributed by atoms with van der Waals surface area (Å²) >= 11 is 4.66. The van der Waals surface area contributed by atoms with Crippen LogP contribution in [0.4, 0.5) is 4.39 Å². The van der Waals surface area contributed by atoms with Gasteiger partial charge < -0.3 is 10.5 Å². The van der Waals surface area contributed by atoms with E-state index in [2.05, 4.69) is 20.9 Å². The predicted molar refractivity (Wildman–Crippen MR) is 68.4 cm³/mol. The first-order valence-electron chi connectivity index (χ1n) is 4.90. The number of rotatable bonds is 4. The maximum atomic E-state index is 13.4. The van der Waals surface area contributed by atoms with Crippen LogP contribution in [0.25, 0.3) is 0 Å². The third kappa shape index (κ3) is 3.24. The lowest BCUT2D eigenvalue weighted by molar-refractivity contribution is 0.286. The molecule has 0 saturated carbocycles. The van der Waals surface area contributed by atoms with E-state index in [1.807, 2.05) is 5.38 Å². The normalized spacial score (nSPS) is 10.5. The van der Waals surface area contributed by atoms with Crippen LogP contribution in [0.2, 0.25) is 0 Å². The van der Waals surface area contributed by atoms with Gasteiger partial charge >= 0.3 is 0 Å². The molecule has 0 aliphatic heterocycles. The number of hydrogen-bond acceptors (Lipinski definition) is 4. The van der Waals surface area contributed by atoms with Crippen LogP contribution in [0.1, 0.15) is 10.7 Å². The highest BCUT2D eigenvalue weighted by Crippen LogP contribution is 2.22. The molecule has 0 aliphatic carbocycles. The minimum atomic E-state index is -0.395. The van der Waals surface area contributed by atoms with E-state index in [-0.39, 0.29) is 12.4 Å². The molecule has 17 heavy (non-hydrogen) atoms. The third-order valence-electron chi connectivity index (χ3n) is 2.04. The van der Waals surface area contributed by atoms with Gasteiger partial charge in [0.25, 0.3) is 0 Å². The number of nitrogens with two attached hydrogens (primary N) is 1. The Balaban J connectivity index is 2.02. The highest BCUT2D eigenvalue weighted by Gasteiger charge is 2.06. The van der Waals surface area contributed by atoms with Crippen LogP contribution in [-0.2, 0) is 13.2 Å². The van der Waals surface area contributed by atoms with E-state index in [9.17, 15) is 4.39 Å². The summed E-state index contributed by atoms with van der Waals surface area (Å²) in [6.45, 7) is 0.659. The Bertz CT molecular complexity index is 518. The zero-order valence-corrected chi connectivity index (χ0v) is 11.2. The fraction of sp³-hybridized carbons (Fsp3) is 0.182. The number of benzene rings is 1. The lowest BCUT2D eigenvalue weighted by Crippen LogP contribution is -1.99. The molecular formula is C11H10BrFN2OS. The number of aromatic nitrogens is 1. The fourth-order valence-electron chi connectivity index (χ4n) is 1.25. The van der Waals surface area contributed by atoms with Gasteiger partial charge in [-0.05, 0) is 18.2 Å². The molecule has 0 fully saturated rings. The summed E-state index contributed by atoms with van der Waals surface area (Å²) in [5.41, 5.74) is 6.21. The van der Waals surface area contributed by atoms with Gasteiger partial charge in [0.15, 0.2) is 11.6 Å². The largest absolute Gasteiger partial charge is 0.484 e. The van der Waals surface area contributed by atoms with Crippen LogP contribution in [0.15, 0.2) is 28.1 Å². The van der Waals surface area contributed by atoms with Crippen LogP contribution >= 0.6 is 27.3 Å². The monoisotopic (exact) mass is 316 g/mol. The molecule has 0 spiro atoms. The molecule has 2 rings (SSSR count). The van der Waals surface area contributed by atoms with E-state index in [0.717, 1.165) is 10.7 Å². The quantitative estimate of drug-likeness (QED) is 0.943. The van der Waals surface area contributed by atoms with Crippen molar-refractivity contribution in [3.05, 3.63) is 44.6 Å². The molecule has 0 saturated heterocycles. The summed E-state index contributed by atoms with van der Waals surface area (Å²) in [4.78, 5) is 4.23. The average molecular weight is 317 g/mol. The third-order valence-corrected chi connectivity index (χ3v) is 3.46. The molecule has 2 N–H and O–H groups in total. The maximum Gasteiger partial charge on any atom is 0.166 e. The predicted octanol–water partition coefficient (Wildman–Crippen LogP) is 3.08. The van der Waals surface area contributed by atoms with Crippen molar-refractivity contribution in [3.8, 4) is 5.75 Å². The SMILES string of the molecule is NCc1nc(COc2ccc(Br)cc2F)cs1. The van der Waals surface area contributed by atoms with Gasteiger partial charge in [0, 0.05) is 16.4 Å². The molecule has 1 heterocycles. The van der Waals surface area contributed by atoms with E-state index >= 15 is 0 Å². The van der Waals surface area contributed by atoms with Crippen molar-refractivity contribution >= 4 is 27.3 Å². The van der Waals surface area contributed by atoms with E-state index in [1.165, 1.54) is 17.4 Å². The van der Waals surface area contributed by atoms with Crippen molar-refractivity contribution in [3.63, 3.8) is 0 Å². The molecule has 0 aliphatic rings. The summed E-state index contributed by atoms with van der Waals surface area (Å²) in [5, 5.41) is 2.71. The zero-order chi connectivity index (χ0) is 12.3. The van der Waals surface area contributed by atoms with E-state index < -0.39 is 5.82 Å². The molecule has 90 valence electrons. The van der Waals surface area contributed by atoms with Crippen molar-refractivity contribution in [2.24, 2.45) is 5.73 Å². The molecule has 2 aromatic rings. The molecule has 0 bridgehead atoms. The van der Waals surface area contributed by atoms with E-state index in [0.29, 0.717) is 11.0 Å². The van der Waals surface area contributed by atoms with Gasteiger partial charge in [0.2, 0.25) is 0 Å². The molecule has 0 radical (unpaired) electrons. The Morgan fingerprint density at radius 1 is 1.47 bits per heavy atom. The van der Waals surface area contributed by atoms with E-state index in [1.54, 1.807) is 12.1 Å². The Kier molecular flexibility index (Phi) is 4.09. The van der Waals surface area contributed by atoms with Crippen LogP contribution in [0.5, 0.6) is 5.75 Å². The number of halogens is 2. The van der Waals surface area contributed by atoms with Gasteiger partial charge in [-0.15, -0.1) is 11.3 Å². The first-order chi connectivity index (χ1) is 8.19. The molecule has 0 atom stereocenters. The lowest BCUT2D eigenvalue weighted by Gasteiger charge is -2.05. The van der Waals surface area contributed by atoms with Crippen LogP contribution in [-0.4, -0.2) is 4.98 Å². The van der Waals surface area contributed by atoms with Crippen molar-refractivity contribution in [2.75, 3.05) is 0 Å². The summed E-state index contributed by atoms with van der Waals surface area (Å²) in [7, 11) is 0. The molecular weight excluding hydrogens is 307 g/mol. The number of thiazole rings is 1. The first kappa shape index (κ1) is 12.5. The van der Waals surface area contributed by atoms with Gasteiger partial charge in [0.1, 0.15) is 11.6 Å². The van der Waals surface area contributed by atoms with E-state index in [4.69, 9.17) is 10.5 Å². The van der Waals surface area contributed by atoms with Crippen molar-refractivity contribution in [1.29, 1.82) is 0 Å². The highest BCUT2D eigenvalue weighted by molar-refractivity contribution is 9.10. The Labute approximate surface area is 111 Å². The average Bonchev–Trinajstić information content (AvgIpc) is 2.76. The lowest BCUT2D eigenvalue weighted by atomic mass is 10.3. The number of ether oxygens (including phenoxy) is 1. The summed E-state index contributed by atoms with van der Waals surface area (Å²) in [6, 6.07) is 4.67. The summed E-state index contributed by atoms with van der Waals surface area (Å²) in [5.74, 6) is -0.177. The van der Waals surface area contributed by atoms with Gasteiger partial charge in [-0.3, -0.25) is 0 Å². The second kappa shape index (κ2) is 5.57. The first-order valence-corrected chi connectivity index (χ1v) is 6.57. The van der Waals surface area contributed by atoms with Crippen molar-refractivity contribution in [2.45, 2.75) is 13.2 Å². The minimum absolute atomic E-state index is 0.218. The van der Waals surface area contributed by atoms with Gasteiger partial charge in [-0.1, -0.05) is 15.9 Å². The van der Waals surface area contributed by atoms with Gasteiger partial charge in [0.05, 0.1) is 5.69 Å². The number of hydrogen-bond donors (Lipinski definition) is 1. The van der Waals surface area contributed by atoms with Gasteiger partial charge in [-0.25, -0.2) is 9.37 Å². The van der Waals surface area contributed by atoms with Crippen LogP contribution < -0.4 is 10.5 Å². The molecule has 1 aromatic heterocycles. The molecule has 6 heteroatoms. The second-order valence-electron chi connectivity index (χ2n) is 3.30. The zero-order valence-electron chi connectivity index (χ0n) is 8.82. The topological polar surface area (TPSA) is 48.1 Å². The Hall–Kier alpha value is -0.980. The molecule has 1 aromatic carbocycles. The smallest absolute Gasteiger partial charge is 0.166 e. The van der Waals surface area contributed by atoms with Gasteiger partial charge in [-0.2, -0.15) is 0 Å².